The van der Waals surface area contributed by atoms with E-state index in [1.165, 1.54) is 0 Å². The molecule has 110 valence electrons. The lowest BCUT2D eigenvalue weighted by molar-refractivity contribution is -0.132. The van der Waals surface area contributed by atoms with E-state index in [4.69, 9.17) is 5.73 Å². The average Bonchev–Trinajstić information content (AvgIpc) is 2.53. The maximum atomic E-state index is 12.2. The fourth-order valence-corrected chi connectivity index (χ4v) is 3.86. The number of likely N-dealkylation sites (tertiary alicyclic amines) is 1. The van der Waals surface area contributed by atoms with Crippen molar-refractivity contribution in [2.24, 2.45) is 5.73 Å². The van der Waals surface area contributed by atoms with Gasteiger partial charge >= 0.3 is 0 Å². The first kappa shape index (κ1) is 14.7. The van der Waals surface area contributed by atoms with Gasteiger partial charge in [-0.05, 0) is 19.3 Å². The minimum Gasteiger partial charge on any atom is -0.341 e. The summed E-state index contributed by atoms with van der Waals surface area (Å²) < 4.78 is 23.0. The van der Waals surface area contributed by atoms with Crippen molar-refractivity contribution in [2.75, 3.05) is 44.2 Å². The van der Waals surface area contributed by atoms with Crippen molar-refractivity contribution in [1.82, 2.24) is 9.80 Å². The van der Waals surface area contributed by atoms with E-state index in [1.807, 2.05) is 0 Å². The summed E-state index contributed by atoms with van der Waals surface area (Å²) in [6.07, 6.45) is 2.42. The van der Waals surface area contributed by atoms with Gasteiger partial charge < -0.3 is 10.6 Å². The molecule has 6 nitrogen and oxygen atoms in total. The van der Waals surface area contributed by atoms with Crippen LogP contribution in [0.5, 0.6) is 0 Å². The molecule has 19 heavy (non-hydrogen) atoms. The molecule has 0 aliphatic carbocycles. The Balaban J connectivity index is 1.83. The lowest BCUT2D eigenvalue weighted by Crippen LogP contribution is -2.46. The van der Waals surface area contributed by atoms with E-state index in [-0.39, 0.29) is 23.5 Å². The minimum absolute atomic E-state index is 0.0487. The van der Waals surface area contributed by atoms with E-state index in [1.54, 1.807) is 4.90 Å². The highest BCUT2D eigenvalue weighted by Crippen LogP contribution is 2.10. The SMILES string of the molecule is NC1CCN(CC(=O)N2CCCS(=O)(=O)CC2)CC1. The van der Waals surface area contributed by atoms with E-state index in [2.05, 4.69) is 4.90 Å². The molecule has 7 heteroatoms. The van der Waals surface area contributed by atoms with Crippen LogP contribution in [0.1, 0.15) is 19.3 Å². The lowest BCUT2D eigenvalue weighted by Gasteiger charge is -2.31. The van der Waals surface area contributed by atoms with Crippen LogP contribution >= 0.6 is 0 Å². The third-order valence-electron chi connectivity index (χ3n) is 3.90. The van der Waals surface area contributed by atoms with Crippen LogP contribution in [-0.4, -0.2) is 74.4 Å². The number of piperidine rings is 1. The predicted octanol–water partition coefficient (Wildman–Crippen LogP) is -0.943. The number of carbonyl (C=O) groups excluding carboxylic acids is 1. The molecule has 0 aromatic carbocycles. The Bertz CT molecular complexity index is 416. The summed E-state index contributed by atoms with van der Waals surface area (Å²) in [6.45, 7) is 3.02. The molecule has 2 aliphatic rings. The molecule has 0 unspecified atom stereocenters. The molecular formula is C12H23N3O3S. The second-order valence-electron chi connectivity index (χ2n) is 5.50. The van der Waals surface area contributed by atoms with Crippen LogP contribution in [0.25, 0.3) is 0 Å². The molecule has 0 radical (unpaired) electrons. The second-order valence-corrected chi connectivity index (χ2v) is 7.80. The Morgan fingerprint density at radius 3 is 2.47 bits per heavy atom. The smallest absolute Gasteiger partial charge is 0.236 e. The van der Waals surface area contributed by atoms with E-state index in [0.717, 1.165) is 25.9 Å². The molecule has 2 rings (SSSR count). The van der Waals surface area contributed by atoms with Crippen LogP contribution in [0.2, 0.25) is 0 Å². The Hall–Kier alpha value is -0.660. The van der Waals surface area contributed by atoms with Crippen molar-refractivity contribution in [1.29, 1.82) is 0 Å². The molecule has 0 aromatic heterocycles. The van der Waals surface area contributed by atoms with Crippen molar-refractivity contribution in [3.05, 3.63) is 0 Å². The number of sulfone groups is 1. The number of nitrogens with zero attached hydrogens (tertiary/aromatic N) is 2. The maximum Gasteiger partial charge on any atom is 0.236 e. The maximum absolute atomic E-state index is 12.2. The third-order valence-corrected chi connectivity index (χ3v) is 5.61. The van der Waals surface area contributed by atoms with Crippen molar-refractivity contribution >= 4 is 15.7 Å². The first-order valence-electron chi connectivity index (χ1n) is 6.92. The molecule has 0 bridgehead atoms. The number of hydrogen-bond acceptors (Lipinski definition) is 5. The molecule has 1 amide bonds. The zero-order valence-electron chi connectivity index (χ0n) is 11.3. The lowest BCUT2D eigenvalue weighted by atomic mass is 10.1. The molecular weight excluding hydrogens is 266 g/mol. The number of rotatable bonds is 2. The molecule has 2 heterocycles. The van der Waals surface area contributed by atoms with Gasteiger partial charge in [0.05, 0.1) is 18.1 Å². The van der Waals surface area contributed by atoms with E-state index in [9.17, 15) is 13.2 Å². The highest BCUT2D eigenvalue weighted by atomic mass is 32.2. The monoisotopic (exact) mass is 289 g/mol. The average molecular weight is 289 g/mol. The zero-order valence-corrected chi connectivity index (χ0v) is 12.1. The van der Waals surface area contributed by atoms with Gasteiger partial charge in [-0.2, -0.15) is 0 Å². The highest BCUT2D eigenvalue weighted by Gasteiger charge is 2.25. The second kappa shape index (κ2) is 6.19. The largest absolute Gasteiger partial charge is 0.341 e. The van der Waals surface area contributed by atoms with Gasteiger partial charge in [-0.15, -0.1) is 0 Å². The van der Waals surface area contributed by atoms with Gasteiger partial charge in [0.2, 0.25) is 5.91 Å². The molecule has 2 fully saturated rings. The van der Waals surface area contributed by atoms with Gasteiger partial charge in [0.25, 0.3) is 0 Å². The Morgan fingerprint density at radius 1 is 1.11 bits per heavy atom. The highest BCUT2D eigenvalue weighted by molar-refractivity contribution is 7.91. The Kier molecular flexibility index (Phi) is 4.81. The number of hydrogen-bond donors (Lipinski definition) is 1. The Labute approximate surface area is 114 Å². The van der Waals surface area contributed by atoms with Crippen molar-refractivity contribution in [2.45, 2.75) is 25.3 Å². The summed E-state index contributed by atoms with van der Waals surface area (Å²) in [4.78, 5) is 16.0. The normalized spacial score (nSPS) is 26.1. The van der Waals surface area contributed by atoms with Crippen molar-refractivity contribution in [3.8, 4) is 0 Å². The van der Waals surface area contributed by atoms with Crippen LogP contribution in [0.3, 0.4) is 0 Å². The van der Waals surface area contributed by atoms with E-state index >= 15 is 0 Å². The van der Waals surface area contributed by atoms with E-state index < -0.39 is 9.84 Å². The molecule has 0 aromatic rings. The van der Waals surface area contributed by atoms with Gasteiger partial charge in [-0.1, -0.05) is 0 Å². The summed E-state index contributed by atoms with van der Waals surface area (Å²) in [5.74, 6) is 0.353. The molecule has 0 saturated carbocycles. The van der Waals surface area contributed by atoms with Crippen LogP contribution < -0.4 is 5.73 Å². The summed E-state index contributed by atoms with van der Waals surface area (Å²) in [7, 11) is -2.95. The third kappa shape index (κ3) is 4.43. The molecule has 0 atom stereocenters. The quantitative estimate of drug-likeness (QED) is 0.709. The van der Waals surface area contributed by atoms with Crippen molar-refractivity contribution < 1.29 is 13.2 Å². The molecule has 2 aliphatic heterocycles. The van der Waals surface area contributed by atoms with Crippen LogP contribution in [0.15, 0.2) is 0 Å². The topological polar surface area (TPSA) is 83.7 Å². The molecule has 0 spiro atoms. The molecule has 2 saturated heterocycles. The summed E-state index contributed by atoms with van der Waals surface area (Å²) in [6, 6.07) is 0.259. The van der Waals surface area contributed by atoms with Crippen LogP contribution in [-0.2, 0) is 14.6 Å². The summed E-state index contributed by atoms with van der Waals surface area (Å²) in [5.41, 5.74) is 5.83. The zero-order chi connectivity index (χ0) is 13.9. The minimum atomic E-state index is -2.95. The van der Waals surface area contributed by atoms with Crippen LogP contribution in [0, 0.1) is 0 Å². The number of carbonyl (C=O) groups is 1. The van der Waals surface area contributed by atoms with E-state index in [0.29, 0.717) is 26.1 Å². The fourth-order valence-electron chi connectivity index (χ4n) is 2.59. The molecule has 2 N–H and O–H groups in total. The van der Waals surface area contributed by atoms with Gasteiger partial charge in [0.1, 0.15) is 0 Å². The fraction of sp³-hybridized carbons (Fsp3) is 0.917. The summed E-state index contributed by atoms with van der Waals surface area (Å²) in [5, 5.41) is 0. The number of nitrogens with two attached hydrogens (primary N) is 1. The predicted molar refractivity (Wildman–Crippen MR) is 73.5 cm³/mol. The van der Waals surface area contributed by atoms with Gasteiger partial charge in [0, 0.05) is 32.2 Å². The standard InChI is InChI=1S/C12H23N3O3S/c13-11-2-5-14(6-3-11)10-12(16)15-4-1-8-19(17,18)9-7-15/h11H,1-10,13H2. The first-order valence-corrected chi connectivity index (χ1v) is 8.74. The first-order chi connectivity index (χ1) is 8.96. The number of amides is 1. The van der Waals surface area contributed by atoms with Crippen molar-refractivity contribution in [3.63, 3.8) is 0 Å². The van der Waals surface area contributed by atoms with Gasteiger partial charge in [-0.3, -0.25) is 9.69 Å². The van der Waals surface area contributed by atoms with Gasteiger partial charge in [-0.25, -0.2) is 8.42 Å². The van der Waals surface area contributed by atoms with Crippen LogP contribution in [0.4, 0.5) is 0 Å². The summed E-state index contributed by atoms with van der Waals surface area (Å²) >= 11 is 0. The van der Waals surface area contributed by atoms with Gasteiger partial charge in [0.15, 0.2) is 9.84 Å². The Morgan fingerprint density at radius 2 is 1.79 bits per heavy atom.